The highest BCUT2D eigenvalue weighted by Gasteiger charge is 2.17. The fourth-order valence-electron chi connectivity index (χ4n) is 1.39. The molecule has 0 aliphatic carbocycles. The first-order valence-corrected chi connectivity index (χ1v) is 5.74. The number of sulfone groups is 1. The minimum atomic E-state index is -2.84. The topological polar surface area (TPSA) is 83.4 Å². The SMILES string of the molecule is O=C(O)CC1CCS([O-])([O-])CC1. The summed E-state index contributed by atoms with van der Waals surface area (Å²) in [6.07, 6.45) is 1.12. The standard InChI is InChI=1S/C7H14O4S/c8-7(9)5-6-1-3-12(10,11)4-2-6/h6,10-11H,1-5H2,(H,8,9)/p-2. The second-order valence-electron chi connectivity index (χ2n) is 3.19. The van der Waals surface area contributed by atoms with Crippen molar-refractivity contribution in [3.8, 4) is 0 Å². The highest BCUT2D eigenvalue weighted by molar-refractivity contribution is 8.24. The smallest absolute Gasteiger partial charge is 0.303 e. The first kappa shape index (κ1) is 9.83. The third-order valence-corrected chi connectivity index (χ3v) is 3.85. The molecule has 0 atom stereocenters. The molecule has 0 bridgehead atoms. The lowest BCUT2D eigenvalue weighted by atomic mass is 9.99. The molecular formula is C7H12O4S-2. The van der Waals surface area contributed by atoms with E-state index in [1.54, 1.807) is 0 Å². The van der Waals surface area contributed by atoms with Crippen molar-refractivity contribution in [3.63, 3.8) is 0 Å². The molecule has 0 saturated carbocycles. The molecule has 1 aliphatic rings. The lowest BCUT2D eigenvalue weighted by Crippen LogP contribution is -2.22. The Morgan fingerprint density at radius 1 is 1.42 bits per heavy atom. The number of rotatable bonds is 2. The van der Waals surface area contributed by atoms with Crippen molar-refractivity contribution < 1.29 is 19.0 Å². The van der Waals surface area contributed by atoms with Crippen LogP contribution < -0.4 is 0 Å². The lowest BCUT2D eigenvalue weighted by Gasteiger charge is -2.63. The van der Waals surface area contributed by atoms with Crippen LogP contribution in [-0.4, -0.2) is 31.7 Å². The van der Waals surface area contributed by atoms with Gasteiger partial charge in [0.05, 0.1) is 0 Å². The van der Waals surface area contributed by atoms with Gasteiger partial charge in [-0.2, -0.15) is 0 Å². The molecule has 0 unspecified atom stereocenters. The number of aliphatic carboxylic acids is 1. The van der Waals surface area contributed by atoms with E-state index >= 15 is 0 Å². The predicted octanol–water partition coefficient (Wildman–Crippen LogP) is 0.937. The average Bonchev–Trinajstić information content (AvgIpc) is 1.93. The molecule has 4 nitrogen and oxygen atoms in total. The van der Waals surface area contributed by atoms with Crippen molar-refractivity contribution in [2.45, 2.75) is 19.3 Å². The van der Waals surface area contributed by atoms with Crippen LogP contribution >= 0.6 is 10.6 Å². The molecular weight excluding hydrogens is 180 g/mol. The normalized spacial score (nSPS) is 26.5. The second kappa shape index (κ2) is 3.64. The third kappa shape index (κ3) is 3.00. The van der Waals surface area contributed by atoms with Crippen molar-refractivity contribution in [2.24, 2.45) is 5.92 Å². The summed E-state index contributed by atoms with van der Waals surface area (Å²) in [4.78, 5) is 10.3. The highest BCUT2D eigenvalue weighted by Crippen LogP contribution is 2.45. The molecule has 0 amide bonds. The lowest BCUT2D eigenvalue weighted by molar-refractivity contribution is -0.138. The van der Waals surface area contributed by atoms with E-state index in [0.29, 0.717) is 12.8 Å². The Morgan fingerprint density at radius 2 is 1.92 bits per heavy atom. The van der Waals surface area contributed by atoms with Crippen molar-refractivity contribution in [3.05, 3.63) is 0 Å². The fraction of sp³-hybridized carbons (Fsp3) is 0.857. The van der Waals surface area contributed by atoms with Gasteiger partial charge in [0.1, 0.15) is 0 Å². The molecule has 0 aromatic carbocycles. The van der Waals surface area contributed by atoms with E-state index in [0.717, 1.165) is 0 Å². The van der Waals surface area contributed by atoms with E-state index < -0.39 is 16.6 Å². The molecule has 0 spiro atoms. The zero-order valence-corrected chi connectivity index (χ0v) is 7.51. The van der Waals surface area contributed by atoms with E-state index in [1.807, 2.05) is 0 Å². The van der Waals surface area contributed by atoms with Crippen LogP contribution in [0.25, 0.3) is 0 Å². The first-order chi connectivity index (χ1) is 5.49. The Morgan fingerprint density at radius 3 is 2.33 bits per heavy atom. The van der Waals surface area contributed by atoms with Gasteiger partial charge in [-0.15, -0.1) is 0 Å². The molecule has 12 heavy (non-hydrogen) atoms. The minimum absolute atomic E-state index is 0.0611. The maximum Gasteiger partial charge on any atom is 0.303 e. The Hall–Kier alpha value is -0.260. The van der Waals surface area contributed by atoms with E-state index in [1.165, 1.54) is 0 Å². The van der Waals surface area contributed by atoms with Crippen LogP contribution in [0.2, 0.25) is 0 Å². The Bertz CT molecular complexity index is 170. The van der Waals surface area contributed by atoms with Gasteiger partial charge >= 0.3 is 5.97 Å². The van der Waals surface area contributed by atoms with Crippen LogP contribution in [0.5, 0.6) is 0 Å². The van der Waals surface area contributed by atoms with Gasteiger partial charge in [0.2, 0.25) is 0 Å². The zero-order valence-electron chi connectivity index (χ0n) is 6.69. The molecule has 0 aromatic rings. The molecule has 1 heterocycles. The number of hydrogen-bond acceptors (Lipinski definition) is 3. The highest BCUT2D eigenvalue weighted by atomic mass is 32.3. The van der Waals surface area contributed by atoms with Gasteiger partial charge in [-0.25, -0.2) is 0 Å². The van der Waals surface area contributed by atoms with Gasteiger partial charge in [-0.05, 0) is 30.3 Å². The predicted molar refractivity (Wildman–Crippen MR) is 43.9 cm³/mol. The van der Waals surface area contributed by atoms with Crippen molar-refractivity contribution in [1.82, 2.24) is 0 Å². The summed E-state index contributed by atoms with van der Waals surface area (Å²) in [5, 5.41) is 8.45. The summed E-state index contributed by atoms with van der Waals surface area (Å²) < 4.78 is 21.9. The molecule has 1 aliphatic heterocycles. The second-order valence-corrected chi connectivity index (χ2v) is 5.50. The Labute approximate surface area is 72.9 Å². The van der Waals surface area contributed by atoms with Crippen LogP contribution in [0.15, 0.2) is 0 Å². The summed E-state index contributed by atoms with van der Waals surface area (Å²) in [5.41, 5.74) is 0. The third-order valence-electron chi connectivity index (χ3n) is 2.14. The van der Waals surface area contributed by atoms with Crippen LogP contribution in [0.4, 0.5) is 0 Å². The van der Waals surface area contributed by atoms with Crippen molar-refractivity contribution in [2.75, 3.05) is 11.5 Å². The summed E-state index contributed by atoms with van der Waals surface area (Å²) in [6, 6.07) is 0. The van der Waals surface area contributed by atoms with E-state index in [9.17, 15) is 13.9 Å². The summed E-state index contributed by atoms with van der Waals surface area (Å²) in [7, 11) is -2.84. The molecule has 72 valence electrons. The van der Waals surface area contributed by atoms with Gasteiger partial charge in [0, 0.05) is 6.42 Å². The number of hydrogen-bond donors (Lipinski definition) is 1. The number of carboxylic acid groups (broad SMARTS) is 1. The van der Waals surface area contributed by atoms with Gasteiger partial charge in [0.25, 0.3) is 0 Å². The van der Waals surface area contributed by atoms with Gasteiger partial charge in [-0.1, -0.05) is 0 Å². The fourth-order valence-corrected chi connectivity index (χ4v) is 2.98. The quantitative estimate of drug-likeness (QED) is 0.705. The average molecular weight is 192 g/mol. The van der Waals surface area contributed by atoms with E-state index in [2.05, 4.69) is 0 Å². The molecule has 1 fully saturated rings. The molecule has 5 heteroatoms. The van der Waals surface area contributed by atoms with Gasteiger partial charge in [0.15, 0.2) is 0 Å². The Balaban J connectivity index is 2.31. The maximum atomic E-state index is 10.9. The molecule has 0 aromatic heterocycles. The molecule has 1 saturated heterocycles. The molecule has 1 N–H and O–H groups in total. The van der Waals surface area contributed by atoms with Crippen LogP contribution in [0.3, 0.4) is 0 Å². The summed E-state index contributed by atoms with van der Waals surface area (Å²) in [6.45, 7) is 0. The molecule has 0 radical (unpaired) electrons. The van der Waals surface area contributed by atoms with Crippen LogP contribution in [0, 0.1) is 5.92 Å². The Kier molecular flexibility index (Phi) is 2.98. The van der Waals surface area contributed by atoms with Gasteiger partial charge in [-0.3, -0.25) is 4.79 Å². The first-order valence-electron chi connectivity index (χ1n) is 3.92. The maximum absolute atomic E-state index is 10.9. The largest absolute Gasteiger partial charge is 0.800 e. The van der Waals surface area contributed by atoms with Crippen LogP contribution in [0.1, 0.15) is 19.3 Å². The number of carbonyl (C=O) groups is 1. The van der Waals surface area contributed by atoms with Gasteiger partial charge < -0.3 is 24.8 Å². The van der Waals surface area contributed by atoms with E-state index in [4.69, 9.17) is 5.11 Å². The number of carboxylic acids is 1. The molecule has 1 rings (SSSR count). The monoisotopic (exact) mass is 192 g/mol. The van der Waals surface area contributed by atoms with Crippen molar-refractivity contribution >= 4 is 16.6 Å². The summed E-state index contributed by atoms with van der Waals surface area (Å²) >= 11 is 0. The van der Waals surface area contributed by atoms with E-state index in [-0.39, 0.29) is 23.8 Å². The summed E-state index contributed by atoms with van der Waals surface area (Å²) in [5.74, 6) is -0.457. The zero-order chi connectivity index (χ0) is 9.19. The minimum Gasteiger partial charge on any atom is -0.800 e. The van der Waals surface area contributed by atoms with Crippen LogP contribution in [-0.2, 0) is 4.79 Å². The van der Waals surface area contributed by atoms with Crippen molar-refractivity contribution in [1.29, 1.82) is 0 Å².